The second kappa shape index (κ2) is 6.05. The third-order valence-electron chi connectivity index (χ3n) is 3.06. The fraction of sp³-hybridized carbons (Fsp3) is 0.0667. The molecule has 3 aromatic rings. The van der Waals surface area contributed by atoms with E-state index in [1.54, 1.807) is 37.3 Å². The molecule has 1 aromatic carbocycles. The molecule has 1 N–H and O–H groups in total. The van der Waals surface area contributed by atoms with Crippen LogP contribution in [0.5, 0.6) is 0 Å². The van der Waals surface area contributed by atoms with E-state index in [9.17, 15) is 4.79 Å². The maximum absolute atomic E-state index is 12.4. The number of carbonyl (C=O) groups is 1. The van der Waals surface area contributed by atoms with E-state index in [0.717, 1.165) is 10.1 Å². The first-order valence-electron chi connectivity index (χ1n) is 6.28. The summed E-state index contributed by atoms with van der Waals surface area (Å²) in [6.45, 7) is 1.77. The average molecular weight is 372 g/mol. The Morgan fingerprint density at radius 1 is 1.18 bits per heavy atom. The summed E-state index contributed by atoms with van der Waals surface area (Å²) < 4.78 is 0.864. The van der Waals surface area contributed by atoms with E-state index in [1.165, 1.54) is 11.3 Å². The molecule has 0 saturated carbocycles. The van der Waals surface area contributed by atoms with Crippen molar-refractivity contribution in [2.45, 2.75) is 6.92 Å². The Labute approximate surface area is 145 Å². The Hall–Kier alpha value is -1.33. The number of pyridine rings is 1. The molecule has 2 heterocycles. The molecule has 0 saturated heterocycles. The maximum Gasteiger partial charge on any atom is 0.268 e. The molecule has 0 aliphatic rings. The summed E-state index contributed by atoms with van der Waals surface area (Å²) >= 11 is 19.5. The number of amides is 1. The maximum atomic E-state index is 12.4. The molecule has 0 aliphatic carbocycles. The fourth-order valence-corrected chi connectivity index (χ4v) is 3.77. The number of fused-ring (bicyclic) bond motifs is 1. The van der Waals surface area contributed by atoms with Gasteiger partial charge in [-0.1, -0.05) is 40.9 Å². The zero-order chi connectivity index (χ0) is 15.9. The van der Waals surface area contributed by atoms with Crippen LogP contribution in [0.3, 0.4) is 0 Å². The molecule has 0 radical (unpaired) electrons. The molecule has 3 rings (SSSR count). The van der Waals surface area contributed by atoms with Crippen LogP contribution in [0.15, 0.2) is 30.3 Å². The van der Waals surface area contributed by atoms with Gasteiger partial charge >= 0.3 is 0 Å². The van der Waals surface area contributed by atoms with Crippen molar-refractivity contribution in [2.75, 3.05) is 5.32 Å². The van der Waals surface area contributed by atoms with Gasteiger partial charge < -0.3 is 5.32 Å². The van der Waals surface area contributed by atoms with Crippen LogP contribution in [-0.2, 0) is 0 Å². The summed E-state index contributed by atoms with van der Waals surface area (Å²) in [5.74, 6) is 0.120. The number of rotatable bonds is 2. The first kappa shape index (κ1) is 15.6. The van der Waals surface area contributed by atoms with Crippen LogP contribution in [0.1, 0.15) is 15.4 Å². The van der Waals surface area contributed by atoms with Gasteiger partial charge in [0.1, 0.15) is 10.7 Å². The van der Waals surface area contributed by atoms with Crippen LogP contribution in [0, 0.1) is 6.92 Å². The predicted molar refractivity (Wildman–Crippen MR) is 93.8 cm³/mol. The minimum atomic E-state index is -0.309. The Kier molecular flexibility index (Phi) is 4.28. The number of benzene rings is 1. The summed E-state index contributed by atoms with van der Waals surface area (Å²) in [6, 6.07) is 8.66. The molecule has 0 spiro atoms. The van der Waals surface area contributed by atoms with E-state index in [1.807, 2.05) is 0 Å². The monoisotopic (exact) mass is 370 g/mol. The number of hydrogen-bond acceptors (Lipinski definition) is 3. The summed E-state index contributed by atoms with van der Waals surface area (Å²) in [6.07, 6.45) is 0. The molecule has 0 bridgehead atoms. The first-order chi connectivity index (χ1) is 10.5. The molecule has 3 nitrogen and oxygen atoms in total. The van der Waals surface area contributed by atoms with Crippen molar-refractivity contribution in [3.05, 3.63) is 56.0 Å². The lowest BCUT2D eigenvalue weighted by Gasteiger charge is -2.05. The van der Waals surface area contributed by atoms with E-state index < -0.39 is 0 Å². The summed E-state index contributed by atoms with van der Waals surface area (Å²) in [5, 5.41) is 5.10. The Balaban J connectivity index is 1.94. The molecule has 112 valence electrons. The van der Waals surface area contributed by atoms with Crippen LogP contribution in [0.25, 0.3) is 10.1 Å². The third-order valence-corrected chi connectivity index (χ3v) is 5.35. The number of nitrogens with zero attached hydrogens (tertiary/aromatic N) is 1. The van der Waals surface area contributed by atoms with Crippen molar-refractivity contribution >= 4 is 68.0 Å². The third kappa shape index (κ3) is 2.92. The zero-order valence-corrected chi connectivity index (χ0v) is 14.4. The molecule has 0 atom stereocenters. The van der Waals surface area contributed by atoms with Gasteiger partial charge in [-0.25, -0.2) is 4.98 Å². The minimum absolute atomic E-state index is 0.309. The quantitative estimate of drug-likeness (QED) is 0.617. The van der Waals surface area contributed by atoms with Gasteiger partial charge in [0.15, 0.2) is 0 Å². The van der Waals surface area contributed by atoms with E-state index in [0.29, 0.717) is 31.5 Å². The van der Waals surface area contributed by atoms with Gasteiger partial charge in [0, 0.05) is 15.1 Å². The van der Waals surface area contributed by atoms with Crippen LogP contribution in [-0.4, -0.2) is 10.9 Å². The van der Waals surface area contributed by atoms with Crippen LogP contribution < -0.4 is 5.32 Å². The van der Waals surface area contributed by atoms with Crippen molar-refractivity contribution in [2.24, 2.45) is 0 Å². The number of aryl methyl sites for hydroxylation is 1. The largest absolute Gasteiger partial charge is 0.306 e. The van der Waals surface area contributed by atoms with Crippen LogP contribution in [0.2, 0.25) is 15.1 Å². The summed E-state index contributed by atoms with van der Waals surface area (Å²) in [4.78, 5) is 17.0. The number of hydrogen-bond donors (Lipinski definition) is 1. The zero-order valence-electron chi connectivity index (χ0n) is 11.3. The van der Waals surface area contributed by atoms with Gasteiger partial charge in [-0.15, -0.1) is 11.3 Å². The van der Waals surface area contributed by atoms with Gasteiger partial charge in [0.2, 0.25) is 0 Å². The molecule has 7 heteroatoms. The highest BCUT2D eigenvalue weighted by Gasteiger charge is 2.18. The molecule has 0 aliphatic heterocycles. The normalized spacial score (nSPS) is 10.9. The molecule has 2 aromatic heterocycles. The van der Waals surface area contributed by atoms with Gasteiger partial charge in [-0.2, -0.15) is 0 Å². The Morgan fingerprint density at radius 3 is 2.68 bits per heavy atom. The van der Waals surface area contributed by atoms with Crippen molar-refractivity contribution < 1.29 is 4.79 Å². The molecular formula is C15H9Cl3N2OS. The molecule has 22 heavy (non-hydrogen) atoms. The fourth-order valence-electron chi connectivity index (χ4n) is 1.97. The van der Waals surface area contributed by atoms with E-state index in [-0.39, 0.29) is 5.91 Å². The van der Waals surface area contributed by atoms with Crippen molar-refractivity contribution in [3.8, 4) is 0 Å². The molecular weight excluding hydrogens is 363 g/mol. The minimum Gasteiger partial charge on any atom is -0.306 e. The number of thiophene rings is 1. The second-order valence-electron chi connectivity index (χ2n) is 4.60. The van der Waals surface area contributed by atoms with Crippen LogP contribution >= 0.6 is 46.1 Å². The van der Waals surface area contributed by atoms with Crippen LogP contribution in [0.4, 0.5) is 5.82 Å². The topological polar surface area (TPSA) is 42.0 Å². The highest BCUT2D eigenvalue weighted by Crippen LogP contribution is 2.37. The standard InChI is InChI=1S/C15H9Cl3N2OS/c1-7-10(17)4-5-12(19-7)20-15(21)14-13(18)9-3-2-8(16)6-11(9)22-14/h2-6H,1H3,(H,19,20,21). The first-order valence-corrected chi connectivity index (χ1v) is 8.23. The van der Waals surface area contributed by atoms with Gasteiger partial charge in [-0.05, 0) is 31.2 Å². The number of nitrogens with one attached hydrogen (secondary N) is 1. The van der Waals surface area contributed by atoms with E-state index in [2.05, 4.69) is 10.3 Å². The highest BCUT2D eigenvalue weighted by atomic mass is 35.5. The SMILES string of the molecule is Cc1nc(NC(=O)c2sc3cc(Cl)ccc3c2Cl)ccc1Cl. The van der Waals surface area contributed by atoms with Gasteiger partial charge in [0.05, 0.1) is 15.7 Å². The van der Waals surface area contributed by atoms with E-state index in [4.69, 9.17) is 34.8 Å². The lowest BCUT2D eigenvalue weighted by atomic mass is 10.2. The molecule has 0 fully saturated rings. The van der Waals surface area contributed by atoms with Crippen molar-refractivity contribution in [1.82, 2.24) is 4.98 Å². The van der Waals surface area contributed by atoms with Crippen molar-refractivity contribution in [1.29, 1.82) is 0 Å². The van der Waals surface area contributed by atoms with E-state index >= 15 is 0 Å². The lowest BCUT2D eigenvalue weighted by molar-refractivity contribution is 0.103. The Morgan fingerprint density at radius 2 is 1.95 bits per heavy atom. The highest BCUT2D eigenvalue weighted by molar-refractivity contribution is 7.21. The summed E-state index contributed by atoms with van der Waals surface area (Å²) in [5.41, 5.74) is 0.647. The van der Waals surface area contributed by atoms with Gasteiger partial charge in [-0.3, -0.25) is 4.79 Å². The number of carbonyl (C=O) groups excluding carboxylic acids is 1. The molecule has 1 amide bonds. The van der Waals surface area contributed by atoms with Crippen molar-refractivity contribution in [3.63, 3.8) is 0 Å². The summed E-state index contributed by atoms with van der Waals surface area (Å²) in [7, 11) is 0. The molecule has 0 unspecified atom stereocenters. The number of aromatic nitrogens is 1. The number of anilines is 1. The average Bonchev–Trinajstić information content (AvgIpc) is 2.79. The predicted octanol–water partition coefficient (Wildman–Crippen LogP) is 5.82. The van der Waals surface area contributed by atoms with Gasteiger partial charge in [0.25, 0.3) is 5.91 Å². The Bertz CT molecular complexity index is 892. The smallest absolute Gasteiger partial charge is 0.268 e. The lowest BCUT2D eigenvalue weighted by Crippen LogP contribution is -2.12. The second-order valence-corrected chi connectivity index (χ2v) is 6.88. The number of halogens is 3.